The summed E-state index contributed by atoms with van der Waals surface area (Å²) in [6, 6.07) is 4.35. The molecule has 15 heavy (non-hydrogen) atoms. The summed E-state index contributed by atoms with van der Waals surface area (Å²) in [5, 5.41) is 0. The summed E-state index contributed by atoms with van der Waals surface area (Å²) >= 11 is 0. The normalized spacial score (nSPS) is 13.9. The molecule has 1 aromatic rings. The van der Waals surface area contributed by atoms with Crippen LogP contribution < -0.4 is 5.73 Å². The molecule has 0 saturated heterocycles. The molecule has 0 heterocycles. The van der Waals surface area contributed by atoms with Gasteiger partial charge in [0.05, 0.1) is 0 Å². The van der Waals surface area contributed by atoms with Crippen molar-refractivity contribution in [3.63, 3.8) is 0 Å². The first-order valence-corrected chi connectivity index (χ1v) is 6.45. The van der Waals surface area contributed by atoms with Crippen LogP contribution in [0.15, 0.2) is 23.1 Å². The lowest BCUT2D eigenvalue weighted by molar-refractivity contribution is 0.550. The van der Waals surface area contributed by atoms with Crippen LogP contribution in [0.5, 0.6) is 0 Å². The fraction of sp³-hybridized carbons (Fsp3) is 0.400. The average Bonchev–Trinajstić information content (AvgIpc) is 2.15. The van der Waals surface area contributed by atoms with Gasteiger partial charge in [-0.1, -0.05) is 19.1 Å². The number of benzene rings is 1. The average molecular weight is 231 g/mol. The summed E-state index contributed by atoms with van der Waals surface area (Å²) in [6.45, 7) is 2.04. The second-order valence-electron chi connectivity index (χ2n) is 3.57. The van der Waals surface area contributed by atoms with Crippen LogP contribution in [-0.2, 0) is 9.84 Å². The smallest absolute Gasteiger partial charge is 0.178 e. The topological polar surface area (TPSA) is 60.2 Å². The molecule has 2 N–H and O–H groups in total. The number of hydrogen-bond acceptors (Lipinski definition) is 3. The summed E-state index contributed by atoms with van der Waals surface area (Å²) in [6.07, 6.45) is 0.988. The molecule has 0 fully saturated rings. The van der Waals surface area contributed by atoms with E-state index < -0.39 is 15.7 Å². The summed E-state index contributed by atoms with van der Waals surface area (Å²) in [7, 11) is -3.51. The third-order valence-corrected chi connectivity index (χ3v) is 3.39. The molecule has 1 atom stereocenters. The molecular formula is C10H14FNO2S. The molecule has 1 unspecified atom stereocenters. The van der Waals surface area contributed by atoms with E-state index in [0.717, 1.165) is 6.26 Å². The maximum Gasteiger partial charge on any atom is 0.178 e. The predicted octanol–water partition coefficient (Wildman–Crippen LogP) is 1.29. The Morgan fingerprint density at radius 1 is 1.47 bits per heavy atom. The molecule has 0 amide bonds. The zero-order chi connectivity index (χ0) is 11.6. The Morgan fingerprint density at radius 3 is 2.53 bits per heavy atom. The van der Waals surface area contributed by atoms with Crippen LogP contribution >= 0.6 is 0 Å². The highest BCUT2D eigenvalue weighted by molar-refractivity contribution is 7.90. The fourth-order valence-electron chi connectivity index (χ4n) is 1.32. The summed E-state index contributed by atoms with van der Waals surface area (Å²) in [4.78, 5) is -0.264. The molecule has 0 aliphatic heterocycles. The number of sulfone groups is 1. The van der Waals surface area contributed by atoms with Crippen LogP contribution in [0.1, 0.15) is 18.4 Å². The molecule has 0 aromatic heterocycles. The molecular weight excluding hydrogens is 217 g/mol. The molecule has 0 aliphatic rings. The van der Waals surface area contributed by atoms with Crippen molar-refractivity contribution in [1.82, 2.24) is 0 Å². The van der Waals surface area contributed by atoms with E-state index in [-0.39, 0.29) is 17.4 Å². The van der Waals surface area contributed by atoms with Crippen LogP contribution in [0.2, 0.25) is 0 Å². The molecule has 0 bridgehead atoms. The molecule has 84 valence electrons. The third-order valence-electron chi connectivity index (χ3n) is 2.28. The molecule has 0 saturated carbocycles. The highest BCUT2D eigenvalue weighted by atomic mass is 32.2. The first kappa shape index (κ1) is 12.1. The fourth-order valence-corrected chi connectivity index (χ4v) is 2.09. The lowest BCUT2D eigenvalue weighted by Gasteiger charge is -2.11. The van der Waals surface area contributed by atoms with Crippen LogP contribution in [-0.4, -0.2) is 21.2 Å². The Labute approximate surface area is 89.0 Å². The Kier molecular flexibility index (Phi) is 3.46. The van der Waals surface area contributed by atoms with Gasteiger partial charge in [0, 0.05) is 6.26 Å². The number of nitrogens with two attached hydrogens (primary N) is 1. The summed E-state index contributed by atoms with van der Waals surface area (Å²) < 4.78 is 36.3. The van der Waals surface area contributed by atoms with E-state index in [4.69, 9.17) is 5.73 Å². The predicted molar refractivity (Wildman–Crippen MR) is 57.0 cm³/mol. The van der Waals surface area contributed by atoms with Gasteiger partial charge in [0.2, 0.25) is 0 Å². The van der Waals surface area contributed by atoms with Gasteiger partial charge in [0.25, 0.3) is 0 Å². The maximum absolute atomic E-state index is 13.8. The van der Waals surface area contributed by atoms with Gasteiger partial charge in [-0.3, -0.25) is 0 Å². The first-order chi connectivity index (χ1) is 6.88. The van der Waals surface area contributed by atoms with Gasteiger partial charge >= 0.3 is 0 Å². The third kappa shape index (κ3) is 2.54. The number of rotatable bonds is 3. The molecule has 1 aromatic carbocycles. The van der Waals surface area contributed by atoms with Crippen molar-refractivity contribution < 1.29 is 12.8 Å². The SMILES string of the molecule is CC(CN)c1cccc(S(C)(=O)=O)c1F. The van der Waals surface area contributed by atoms with Crippen molar-refractivity contribution in [1.29, 1.82) is 0 Å². The highest BCUT2D eigenvalue weighted by Crippen LogP contribution is 2.23. The lowest BCUT2D eigenvalue weighted by Crippen LogP contribution is -2.12. The Balaban J connectivity index is 3.36. The van der Waals surface area contributed by atoms with E-state index in [9.17, 15) is 12.8 Å². The molecule has 0 radical (unpaired) electrons. The van der Waals surface area contributed by atoms with E-state index in [0.29, 0.717) is 5.56 Å². The molecule has 5 heteroatoms. The molecule has 3 nitrogen and oxygen atoms in total. The molecule has 1 rings (SSSR count). The maximum atomic E-state index is 13.8. The van der Waals surface area contributed by atoms with Gasteiger partial charge in [0.1, 0.15) is 10.7 Å². The van der Waals surface area contributed by atoms with Crippen molar-refractivity contribution in [2.45, 2.75) is 17.7 Å². The van der Waals surface area contributed by atoms with Crippen molar-refractivity contribution in [2.24, 2.45) is 5.73 Å². The van der Waals surface area contributed by atoms with Crippen molar-refractivity contribution in [2.75, 3.05) is 12.8 Å². The Hall–Kier alpha value is -0.940. The molecule has 0 spiro atoms. The monoisotopic (exact) mass is 231 g/mol. The quantitative estimate of drug-likeness (QED) is 0.852. The van der Waals surface area contributed by atoms with Crippen LogP contribution in [0.25, 0.3) is 0 Å². The van der Waals surface area contributed by atoms with Gasteiger partial charge in [-0.2, -0.15) is 0 Å². The van der Waals surface area contributed by atoms with Crippen molar-refractivity contribution in [3.05, 3.63) is 29.6 Å². The van der Waals surface area contributed by atoms with Gasteiger partial charge in [0.15, 0.2) is 9.84 Å². The highest BCUT2D eigenvalue weighted by Gasteiger charge is 2.18. The van der Waals surface area contributed by atoms with Crippen LogP contribution in [0.4, 0.5) is 4.39 Å². The minimum atomic E-state index is -3.51. The number of hydrogen-bond donors (Lipinski definition) is 1. The zero-order valence-corrected chi connectivity index (χ0v) is 9.51. The van der Waals surface area contributed by atoms with Crippen LogP contribution in [0, 0.1) is 5.82 Å². The van der Waals surface area contributed by atoms with Crippen LogP contribution in [0.3, 0.4) is 0 Å². The Morgan fingerprint density at radius 2 is 2.07 bits per heavy atom. The zero-order valence-electron chi connectivity index (χ0n) is 8.70. The second-order valence-corrected chi connectivity index (χ2v) is 5.55. The summed E-state index contributed by atoms with van der Waals surface area (Å²) in [5.74, 6) is -0.871. The largest absolute Gasteiger partial charge is 0.330 e. The standard InChI is InChI=1S/C10H14FNO2S/c1-7(6-12)8-4-3-5-9(10(8)11)15(2,13)14/h3-5,7H,6,12H2,1-2H3. The minimum absolute atomic E-state index is 0.188. The van der Waals surface area contributed by atoms with Crippen molar-refractivity contribution in [3.8, 4) is 0 Å². The second kappa shape index (κ2) is 4.28. The van der Waals surface area contributed by atoms with E-state index in [1.54, 1.807) is 13.0 Å². The van der Waals surface area contributed by atoms with Gasteiger partial charge < -0.3 is 5.73 Å². The Bertz CT molecular complexity index is 456. The van der Waals surface area contributed by atoms with E-state index in [1.165, 1.54) is 12.1 Å². The van der Waals surface area contributed by atoms with Gasteiger partial charge in [-0.25, -0.2) is 12.8 Å². The van der Waals surface area contributed by atoms with E-state index >= 15 is 0 Å². The minimum Gasteiger partial charge on any atom is -0.330 e. The lowest BCUT2D eigenvalue weighted by atomic mass is 10.0. The van der Waals surface area contributed by atoms with Gasteiger partial charge in [-0.05, 0) is 24.1 Å². The van der Waals surface area contributed by atoms with Gasteiger partial charge in [-0.15, -0.1) is 0 Å². The molecule has 0 aliphatic carbocycles. The first-order valence-electron chi connectivity index (χ1n) is 4.56. The number of halogens is 1. The van der Waals surface area contributed by atoms with E-state index in [2.05, 4.69) is 0 Å². The van der Waals surface area contributed by atoms with Crippen molar-refractivity contribution >= 4 is 9.84 Å². The van der Waals surface area contributed by atoms with E-state index in [1.807, 2.05) is 0 Å². The summed E-state index contributed by atoms with van der Waals surface area (Å²) in [5.41, 5.74) is 5.76.